The van der Waals surface area contributed by atoms with Crippen molar-refractivity contribution in [2.75, 3.05) is 52.4 Å². The molecule has 0 atom stereocenters. The zero-order valence-corrected chi connectivity index (χ0v) is 13.5. The van der Waals surface area contributed by atoms with Crippen LogP contribution in [0.3, 0.4) is 0 Å². The van der Waals surface area contributed by atoms with Gasteiger partial charge in [0.2, 0.25) is 0 Å². The van der Waals surface area contributed by atoms with Gasteiger partial charge in [0.25, 0.3) is 0 Å². The molecule has 1 saturated heterocycles. The zero-order chi connectivity index (χ0) is 13.9. The average Bonchev–Trinajstić information content (AvgIpc) is 2.46. The van der Waals surface area contributed by atoms with Crippen LogP contribution in [0.4, 0.5) is 0 Å². The quantitative estimate of drug-likeness (QED) is 0.442. The van der Waals surface area contributed by atoms with Crippen molar-refractivity contribution in [2.24, 2.45) is 10.9 Å². The van der Waals surface area contributed by atoms with Crippen LogP contribution in [0.25, 0.3) is 0 Å². The van der Waals surface area contributed by atoms with Gasteiger partial charge in [-0.1, -0.05) is 0 Å². The number of nitrogens with zero attached hydrogens (tertiary/aromatic N) is 2. The van der Waals surface area contributed by atoms with E-state index in [-0.39, 0.29) is 0 Å². The molecule has 1 N–H and O–H groups in total. The lowest BCUT2D eigenvalue weighted by atomic mass is 9.96. The first-order chi connectivity index (χ1) is 9.27. The van der Waals surface area contributed by atoms with Gasteiger partial charge in [-0.05, 0) is 43.6 Å². The van der Waals surface area contributed by atoms with Crippen LogP contribution in [0, 0.1) is 5.92 Å². The van der Waals surface area contributed by atoms with Crippen molar-refractivity contribution >= 4 is 17.7 Å². The van der Waals surface area contributed by atoms with Crippen LogP contribution in [0.2, 0.25) is 0 Å². The van der Waals surface area contributed by atoms with Crippen LogP contribution in [0.1, 0.15) is 25.7 Å². The second kappa shape index (κ2) is 10.4. The molecule has 0 amide bonds. The second-order valence-electron chi connectivity index (χ2n) is 5.09. The summed E-state index contributed by atoms with van der Waals surface area (Å²) in [7, 11) is 3.99. The molecular formula is C14H29N3OS. The van der Waals surface area contributed by atoms with Gasteiger partial charge in [0, 0.05) is 40.4 Å². The number of ether oxygens (including phenoxy) is 1. The van der Waals surface area contributed by atoms with E-state index in [1.807, 2.05) is 18.8 Å². The van der Waals surface area contributed by atoms with Crippen molar-refractivity contribution in [3.05, 3.63) is 0 Å². The smallest absolute Gasteiger partial charge is 0.193 e. The standard InChI is InChI=1S/C14H29N3OS/c1-15-14(16-8-4-12-19-3)17(2)9-5-13-6-10-18-11-7-13/h13H,4-12H2,1-3H3,(H,15,16). The van der Waals surface area contributed by atoms with E-state index in [4.69, 9.17) is 4.74 Å². The summed E-state index contributed by atoms with van der Waals surface area (Å²) in [6.45, 7) is 3.97. The molecule has 1 heterocycles. The number of nitrogens with one attached hydrogen (secondary N) is 1. The largest absolute Gasteiger partial charge is 0.381 e. The Morgan fingerprint density at radius 3 is 2.79 bits per heavy atom. The Hall–Kier alpha value is -0.420. The van der Waals surface area contributed by atoms with E-state index < -0.39 is 0 Å². The molecule has 0 unspecified atom stereocenters. The van der Waals surface area contributed by atoms with Gasteiger partial charge in [0.05, 0.1) is 0 Å². The molecule has 112 valence electrons. The Morgan fingerprint density at radius 2 is 2.16 bits per heavy atom. The maximum atomic E-state index is 5.40. The van der Waals surface area contributed by atoms with Gasteiger partial charge in [-0.3, -0.25) is 4.99 Å². The van der Waals surface area contributed by atoms with E-state index in [9.17, 15) is 0 Å². The molecule has 0 aliphatic carbocycles. The van der Waals surface area contributed by atoms with Crippen molar-refractivity contribution in [3.63, 3.8) is 0 Å². The van der Waals surface area contributed by atoms with E-state index in [0.29, 0.717) is 0 Å². The Balaban J connectivity index is 2.19. The minimum atomic E-state index is 0.825. The minimum absolute atomic E-state index is 0.825. The molecule has 4 nitrogen and oxygen atoms in total. The highest BCUT2D eigenvalue weighted by Gasteiger charge is 2.15. The highest BCUT2D eigenvalue weighted by molar-refractivity contribution is 7.98. The van der Waals surface area contributed by atoms with E-state index in [1.54, 1.807) is 0 Å². The molecule has 0 aromatic carbocycles. The van der Waals surface area contributed by atoms with Crippen LogP contribution in [0.5, 0.6) is 0 Å². The highest BCUT2D eigenvalue weighted by Crippen LogP contribution is 2.18. The Labute approximate surface area is 122 Å². The van der Waals surface area contributed by atoms with Gasteiger partial charge < -0.3 is 15.0 Å². The summed E-state index contributed by atoms with van der Waals surface area (Å²) in [5, 5.41) is 3.43. The van der Waals surface area contributed by atoms with Crippen LogP contribution >= 0.6 is 11.8 Å². The van der Waals surface area contributed by atoms with Crippen molar-refractivity contribution in [1.29, 1.82) is 0 Å². The number of hydrogen-bond acceptors (Lipinski definition) is 3. The lowest BCUT2D eigenvalue weighted by Crippen LogP contribution is -2.40. The zero-order valence-electron chi connectivity index (χ0n) is 12.7. The Kier molecular flexibility index (Phi) is 9.08. The van der Waals surface area contributed by atoms with Gasteiger partial charge in [-0.2, -0.15) is 11.8 Å². The summed E-state index contributed by atoms with van der Waals surface area (Å²) in [4.78, 5) is 6.59. The highest BCUT2D eigenvalue weighted by atomic mass is 32.2. The third kappa shape index (κ3) is 7.06. The molecule has 0 bridgehead atoms. The number of aliphatic imine (C=N–C) groups is 1. The molecule has 1 fully saturated rings. The van der Waals surface area contributed by atoms with Crippen molar-refractivity contribution in [3.8, 4) is 0 Å². The lowest BCUT2D eigenvalue weighted by molar-refractivity contribution is 0.0625. The summed E-state index contributed by atoms with van der Waals surface area (Å²) >= 11 is 1.89. The third-order valence-corrected chi connectivity index (χ3v) is 4.29. The van der Waals surface area contributed by atoms with E-state index in [2.05, 4.69) is 28.5 Å². The minimum Gasteiger partial charge on any atom is -0.381 e. The average molecular weight is 287 g/mol. The Morgan fingerprint density at radius 1 is 1.42 bits per heavy atom. The van der Waals surface area contributed by atoms with Gasteiger partial charge in [-0.15, -0.1) is 0 Å². The first-order valence-corrected chi connectivity index (χ1v) is 8.65. The fraction of sp³-hybridized carbons (Fsp3) is 0.929. The summed E-state index contributed by atoms with van der Waals surface area (Å²) in [6.07, 6.45) is 7.01. The normalized spacial score (nSPS) is 17.5. The van der Waals surface area contributed by atoms with Crippen LogP contribution in [-0.2, 0) is 4.74 Å². The fourth-order valence-electron chi connectivity index (χ4n) is 2.32. The van der Waals surface area contributed by atoms with Crippen molar-refractivity contribution < 1.29 is 4.74 Å². The molecule has 0 radical (unpaired) electrons. The van der Waals surface area contributed by atoms with Gasteiger partial charge in [0.15, 0.2) is 5.96 Å². The maximum Gasteiger partial charge on any atom is 0.193 e. The van der Waals surface area contributed by atoms with Gasteiger partial charge in [0.1, 0.15) is 0 Å². The third-order valence-electron chi connectivity index (χ3n) is 3.60. The van der Waals surface area contributed by atoms with Crippen molar-refractivity contribution in [2.45, 2.75) is 25.7 Å². The molecule has 5 heteroatoms. The molecule has 1 rings (SSSR count). The predicted octanol–water partition coefficient (Wildman–Crippen LogP) is 2.06. The topological polar surface area (TPSA) is 36.9 Å². The number of guanidine groups is 1. The first-order valence-electron chi connectivity index (χ1n) is 7.26. The van der Waals surface area contributed by atoms with Crippen LogP contribution in [-0.4, -0.2) is 63.3 Å². The van der Waals surface area contributed by atoms with E-state index in [0.717, 1.165) is 38.2 Å². The fourth-order valence-corrected chi connectivity index (χ4v) is 2.75. The summed E-state index contributed by atoms with van der Waals surface area (Å²) in [5.41, 5.74) is 0. The molecule has 0 saturated carbocycles. The summed E-state index contributed by atoms with van der Waals surface area (Å²) in [6, 6.07) is 0. The summed E-state index contributed by atoms with van der Waals surface area (Å²) in [5.74, 6) is 3.05. The molecule has 1 aliphatic heterocycles. The molecule has 0 aromatic heterocycles. The Bertz CT molecular complexity index is 255. The van der Waals surface area contributed by atoms with E-state index >= 15 is 0 Å². The van der Waals surface area contributed by atoms with Gasteiger partial charge >= 0.3 is 0 Å². The second-order valence-corrected chi connectivity index (χ2v) is 6.07. The van der Waals surface area contributed by atoms with Crippen molar-refractivity contribution in [1.82, 2.24) is 10.2 Å². The molecule has 0 spiro atoms. The predicted molar refractivity (Wildman–Crippen MR) is 85.2 cm³/mol. The summed E-state index contributed by atoms with van der Waals surface area (Å²) < 4.78 is 5.40. The number of rotatable bonds is 7. The monoisotopic (exact) mass is 287 g/mol. The molecule has 19 heavy (non-hydrogen) atoms. The SMILES string of the molecule is CN=C(NCCCSC)N(C)CCC1CCOCC1. The number of thioether (sulfide) groups is 1. The molecule has 1 aliphatic rings. The first kappa shape index (κ1) is 16.6. The lowest BCUT2D eigenvalue weighted by Gasteiger charge is -2.26. The maximum absolute atomic E-state index is 5.40. The van der Waals surface area contributed by atoms with Crippen LogP contribution in [0.15, 0.2) is 4.99 Å². The molecule has 0 aromatic rings. The van der Waals surface area contributed by atoms with Crippen LogP contribution < -0.4 is 5.32 Å². The molecular weight excluding hydrogens is 258 g/mol. The van der Waals surface area contributed by atoms with E-state index in [1.165, 1.54) is 31.4 Å². The van der Waals surface area contributed by atoms with Gasteiger partial charge in [-0.25, -0.2) is 0 Å². The number of hydrogen-bond donors (Lipinski definition) is 1.